The zero-order chi connectivity index (χ0) is 18.1. The van der Waals surface area contributed by atoms with Crippen molar-refractivity contribution < 1.29 is 18.8 Å². The van der Waals surface area contributed by atoms with E-state index < -0.39 is 0 Å². The first kappa shape index (κ1) is 16.8. The number of carbonyl (C=O) groups excluding carboxylic acids is 2. The molecule has 1 saturated carbocycles. The number of ether oxygens (including phenoxy) is 1. The number of hydrogen-bond donors (Lipinski definition) is 0. The molecule has 2 fully saturated rings. The molecule has 2 aromatic rings. The summed E-state index contributed by atoms with van der Waals surface area (Å²) in [7, 11) is 1.61. The van der Waals surface area contributed by atoms with Crippen LogP contribution in [0.25, 0.3) is 11.4 Å². The number of aromatic nitrogens is 2. The molecule has 2 amide bonds. The highest BCUT2D eigenvalue weighted by molar-refractivity contribution is 6.05. The number of methoxy groups -OCH3 is 1. The van der Waals surface area contributed by atoms with E-state index in [0.717, 1.165) is 37.0 Å². The van der Waals surface area contributed by atoms with Gasteiger partial charge in [0.05, 0.1) is 18.9 Å². The summed E-state index contributed by atoms with van der Waals surface area (Å²) in [5.41, 5.74) is 0.820. The average Bonchev–Trinajstić information content (AvgIpc) is 3.25. The Morgan fingerprint density at radius 1 is 1.12 bits per heavy atom. The molecule has 26 heavy (non-hydrogen) atoms. The van der Waals surface area contributed by atoms with Crippen LogP contribution >= 0.6 is 0 Å². The van der Waals surface area contributed by atoms with Crippen LogP contribution in [0.4, 0.5) is 0 Å². The van der Waals surface area contributed by atoms with E-state index in [1.165, 1.54) is 4.90 Å². The Morgan fingerprint density at radius 2 is 1.77 bits per heavy atom. The minimum atomic E-state index is -0.117. The number of amides is 2. The van der Waals surface area contributed by atoms with Crippen molar-refractivity contribution in [3.8, 4) is 17.1 Å². The Labute approximate surface area is 151 Å². The molecule has 0 spiro atoms. The average molecular weight is 355 g/mol. The van der Waals surface area contributed by atoms with Crippen molar-refractivity contribution in [2.24, 2.45) is 11.8 Å². The second-order valence-electron chi connectivity index (χ2n) is 6.82. The first-order valence-electron chi connectivity index (χ1n) is 8.99. The van der Waals surface area contributed by atoms with Crippen molar-refractivity contribution in [3.05, 3.63) is 30.2 Å². The molecule has 0 unspecified atom stereocenters. The van der Waals surface area contributed by atoms with Crippen LogP contribution in [0.1, 0.15) is 31.6 Å². The molecule has 4 rings (SSSR count). The summed E-state index contributed by atoms with van der Waals surface area (Å²) in [6.07, 6.45) is 4.09. The maximum atomic E-state index is 12.5. The Balaban J connectivity index is 1.41. The fourth-order valence-electron chi connectivity index (χ4n) is 3.87. The number of benzene rings is 1. The maximum Gasteiger partial charge on any atom is 0.233 e. The summed E-state index contributed by atoms with van der Waals surface area (Å²) in [5.74, 6) is 1.36. The lowest BCUT2D eigenvalue weighted by Gasteiger charge is -2.19. The van der Waals surface area contributed by atoms with Crippen molar-refractivity contribution in [2.75, 3.05) is 13.7 Å². The molecule has 0 bridgehead atoms. The highest BCUT2D eigenvalue weighted by Crippen LogP contribution is 2.38. The van der Waals surface area contributed by atoms with Crippen LogP contribution in [0.3, 0.4) is 0 Å². The third kappa shape index (κ3) is 2.98. The highest BCUT2D eigenvalue weighted by Gasteiger charge is 2.47. The second-order valence-corrected chi connectivity index (χ2v) is 6.82. The van der Waals surface area contributed by atoms with E-state index in [1.807, 2.05) is 24.3 Å². The quantitative estimate of drug-likeness (QED) is 0.766. The topological polar surface area (TPSA) is 85.5 Å². The van der Waals surface area contributed by atoms with E-state index in [4.69, 9.17) is 9.26 Å². The Bertz CT molecular complexity index is 790. The van der Waals surface area contributed by atoms with Crippen LogP contribution in [0, 0.1) is 11.8 Å². The van der Waals surface area contributed by atoms with Gasteiger partial charge in [0.25, 0.3) is 0 Å². The number of likely N-dealkylation sites (tertiary alicyclic amines) is 1. The number of hydrogen-bond acceptors (Lipinski definition) is 6. The Hall–Kier alpha value is -2.70. The van der Waals surface area contributed by atoms with Gasteiger partial charge < -0.3 is 9.26 Å². The summed E-state index contributed by atoms with van der Waals surface area (Å²) < 4.78 is 10.4. The van der Waals surface area contributed by atoms with Crippen molar-refractivity contribution in [1.82, 2.24) is 15.0 Å². The second kappa shape index (κ2) is 6.90. The monoisotopic (exact) mass is 355 g/mol. The van der Waals surface area contributed by atoms with Gasteiger partial charge in [-0.1, -0.05) is 18.0 Å². The van der Waals surface area contributed by atoms with Gasteiger partial charge in [-0.15, -0.1) is 0 Å². The number of fused-ring (bicyclic) bond motifs is 1. The van der Waals surface area contributed by atoms with Crippen LogP contribution in [-0.4, -0.2) is 40.5 Å². The number of rotatable bonds is 5. The highest BCUT2D eigenvalue weighted by atomic mass is 16.5. The van der Waals surface area contributed by atoms with Crippen molar-refractivity contribution in [2.45, 2.75) is 32.1 Å². The molecule has 2 aliphatic rings. The van der Waals surface area contributed by atoms with Gasteiger partial charge in [-0.2, -0.15) is 4.98 Å². The van der Waals surface area contributed by atoms with Gasteiger partial charge >= 0.3 is 0 Å². The predicted molar refractivity (Wildman–Crippen MR) is 92.2 cm³/mol. The van der Waals surface area contributed by atoms with Crippen LogP contribution in [0.5, 0.6) is 5.75 Å². The minimum absolute atomic E-state index is 0.0328. The first-order chi connectivity index (χ1) is 12.7. The Kier molecular flexibility index (Phi) is 4.44. The summed E-state index contributed by atoms with van der Waals surface area (Å²) in [4.78, 5) is 30.7. The van der Waals surface area contributed by atoms with Gasteiger partial charge in [-0.05, 0) is 37.1 Å². The lowest BCUT2D eigenvalue weighted by Crippen LogP contribution is -2.33. The van der Waals surface area contributed by atoms with Crippen molar-refractivity contribution in [1.29, 1.82) is 0 Å². The lowest BCUT2D eigenvalue weighted by molar-refractivity contribution is -0.139. The normalized spacial score (nSPS) is 22.6. The van der Waals surface area contributed by atoms with Gasteiger partial charge in [0.1, 0.15) is 5.75 Å². The summed E-state index contributed by atoms with van der Waals surface area (Å²) >= 11 is 0. The predicted octanol–water partition coefficient (Wildman–Crippen LogP) is 2.46. The van der Waals surface area contributed by atoms with E-state index in [2.05, 4.69) is 10.1 Å². The summed E-state index contributed by atoms with van der Waals surface area (Å²) in [6.45, 7) is 0.301. The number of nitrogens with zero attached hydrogens (tertiary/aromatic N) is 3. The molecule has 0 N–H and O–H groups in total. The van der Waals surface area contributed by atoms with Crippen LogP contribution in [0.2, 0.25) is 0 Å². The fraction of sp³-hybridized carbons (Fsp3) is 0.474. The third-order valence-electron chi connectivity index (χ3n) is 5.30. The van der Waals surface area contributed by atoms with Gasteiger partial charge in [0.2, 0.25) is 23.5 Å². The van der Waals surface area contributed by atoms with Crippen LogP contribution in [-0.2, 0) is 16.0 Å². The molecule has 1 aromatic carbocycles. The summed E-state index contributed by atoms with van der Waals surface area (Å²) in [6, 6.07) is 7.36. The largest absolute Gasteiger partial charge is 0.497 e. The van der Waals surface area contributed by atoms with Gasteiger partial charge in [-0.3, -0.25) is 14.5 Å². The molecule has 1 aliphatic heterocycles. The lowest BCUT2D eigenvalue weighted by atomic mass is 9.81. The van der Waals surface area contributed by atoms with Gasteiger partial charge in [0.15, 0.2) is 0 Å². The molecule has 2 heterocycles. The molecule has 7 heteroatoms. The van der Waals surface area contributed by atoms with E-state index in [-0.39, 0.29) is 23.7 Å². The number of imide groups is 1. The molecule has 1 aromatic heterocycles. The zero-order valence-electron chi connectivity index (χ0n) is 14.7. The molecule has 136 valence electrons. The van der Waals surface area contributed by atoms with E-state index >= 15 is 0 Å². The maximum absolute atomic E-state index is 12.5. The van der Waals surface area contributed by atoms with Crippen molar-refractivity contribution >= 4 is 11.8 Å². The SMILES string of the molecule is COc1ccc(-c2noc(CCN3C(=O)[C@H]4CCCC[C@@H]4C3=O)n2)cc1. The summed E-state index contributed by atoms with van der Waals surface area (Å²) in [5, 5.41) is 3.98. The van der Waals surface area contributed by atoms with Crippen LogP contribution < -0.4 is 4.74 Å². The third-order valence-corrected chi connectivity index (χ3v) is 5.30. The van der Waals surface area contributed by atoms with E-state index in [9.17, 15) is 9.59 Å². The van der Waals surface area contributed by atoms with Gasteiger partial charge in [-0.25, -0.2) is 0 Å². The van der Waals surface area contributed by atoms with E-state index in [0.29, 0.717) is 24.7 Å². The smallest absolute Gasteiger partial charge is 0.233 e. The molecular weight excluding hydrogens is 334 g/mol. The molecule has 1 saturated heterocycles. The molecule has 1 aliphatic carbocycles. The minimum Gasteiger partial charge on any atom is -0.497 e. The molecular formula is C19H21N3O4. The Morgan fingerprint density at radius 3 is 2.38 bits per heavy atom. The molecule has 0 radical (unpaired) electrons. The standard InChI is InChI=1S/C19H21N3O4/c1-25-13-8-6-12(7-9-13)17-20-16(26-21-17)10-11-22-18(23)14-4-2-3-5-15(14)19(22)24/h6-9,14-15H,2-5,10-11H2,1H3/t14-,15-/m0/s1. The molecule has 7 nitrogen and oxygen atoms in total. The number of carbonyl (C=O) groups is 2. The zero-order valence-corrected chi connectivity index (χ0v) is 14.7. The van der Waals surface area contributed by atoms with Crippen LogP contribution in [0.15, 0.2) is 28.8 Å². The van der Waals surface area contributed by atoms with Crippen molar-refractivity contribution in [3.63, 3.8) is 0 Å². The first-order valence-corrected chi connectivity index (χ1v) is 8.99. The van der Waals surface area contributed by atoms with Gasteiger partial charge in [0, 0.05) is 18.5 Å². The molecule has 2 atom stereocenters. The fourth-order valence-corrected chi connectivity index (χ4v) is 3.87. The van der Waals surface area contributed by atoms with E-state index in [1.54, 1.807) is 7.11 Å².